The molecule has 6 heteroatoms. The molecule has 21 heavy (non-hydrogen) atoms. The number of carbonyl (C=O) groups excluding carboxylic acids is 1. The van der Waals surface area contributed by atoms with Gasteiger partial charge in [0.15, 0.2) is 0 Å². The summed E-state index contributed by atoms with van der Waals surface area (Å²) in [7, 11) is 1.68. The molecule has 1 N–H and O–H groups in total. The molecule has 0 unspecified atom stereocenters. The average molecular weight is 300 g/mol. The van der Waals surface area contributed by atoms with Gasteiger partial charge in [0.25, 0.3) is 0 Å². The maximum atomic E-state index is 12.5. The number of carbonyl (C=O) groups is 1. The van der Waals surface area contributed by atoms with Crippen molar-refractivity contribution in [3.05, 3.63) is 35.4 Å². The lowest BCUT2D eigenvalue weighted by atomic mass is 10.0. The van der Waals surface area contributed by atoms with E-state index in [0.717, 1.165) is 37.9 Å². The highest BCUT2D eigenvalue weighted by atomic mass is 19.4. The van der Waals surface area contributed by atoms with E-state index in [4.69, 9.17) is 0 Å². The Bertz CT molecular complexity index is 479. The number of piperidine rings is 1. The van der Waals surface area contributed by atoms with Crippen molar-refractivity contribution in [1.29, 1.82) is 0 Å². The van der Waals surface area contributed by atoms with Gasteiger partial charge in [0.05, 0.1) is 11.6 Å². The minimum absolute atomic E-state index is 0.00500. The summed E-state index contributed by atoms with van der Waals surface area (Å²) in [6.07, 6.45) is -1.41. The van der Waals surface area contributed by atoms with Crippen LogP contribution in [-0.4, -0.2) is 30.4 Å². The van der Waals surface area contributed by atoms with Gasteiger partial charge in [-0.15, -0.1) is 0 Å². The average Bonchev–Trinajstić information content (AvgIpc) is 2.47. The highest BCUT2D eigenvalue weighted by molar-refractivity contribution is 5.81. The Morgan fingerprint density at radius 1 is 1.29 bits per heavy atom. The summed E-state index contributed by atoms with van der Waals surface area (Å²) in [4.78, 5) is 13.8. The number of rotatable bonds is 3. The molecule has 1 aliphatic heterocycles. The molecule has 1 heterocycles. The molecule has 1 atom stereocenters. The normalized spacial score (nSPS) is 19.3. The van der Waals surface area contributed by atoms with Crippen LogP contribution >= 0.6 is 0 Å². The Kier molecular flexibility index (Phi) is 4.88. The van der Waals surface area contributed by atoms with Gasteiger partial charge in [-0.1, -0.05) is 18.6 Å². The Hall–Kier alpha value is -1.56. The maximum absolute atomic E-state index is 12.5. The van der Waals surface area contributed by atoms with E-state index in [1.54, 1.807) is 11.9 Å². The van der Waals surface area contributed by atoms with Gasteiger partial charge in [-0.3, -0.25) is 4.79 Å². The standard InChI is InChI=1S/C15H19F3N2O/c1-20(14(21)13-4-2-3-9-19-13)10-11-5-7-12(8-6-11)15(16,17)18/h5-8,13,19H,2-4,9-10H2,1H3/t13-/m0/s1. The molecule has 0 spiro atoms. The van der Waals surface area contributed by atoms with Crippen LogP contribution in [0.2, 0.25) is 0 Å². The van der Waals surface area contributed by atoms with Crippen LogP contribution in [0.4, 0.5) is 13.2 Å². The molecule has 3 nitrogen and oxygen atoms in total. The first kappa shape index (κ1) is 15.8. The van der Waals surface area contributed by atoms with Gasteiger partial charge in [-0.25, -0.2) is 0 Å². The molecular weight excluding hydrogens is 281 g/mol. The quantitative estimate of drug-likeness (QED) is 0.931. The topological polar surface area (TPSA) is 32.3 Å². The Balaban J connectivity index is 1.95. The number of alkyl halides is 3. The lowest BCUT2D eigenvalue weighted by Gasteiger charge is -2.27. The first-order valence-electron chi connectivity index (χ1n) is 7.02. The van der Waals surface area contributed by atoms with Crippen LogP contribution in [0.15, 0.2) is 24.3 Å². The van der Waals surface area contributed by atoms with Gasteiger partial charge in [-0.05, 0) is 37.1 Å². The van der Waals surface area contributed by atoms with Crippen molar-refractivity contribution >= 4 is 5.91 Å². The van der Waals surface area contributed by atoms with Crippen LogP contribution in [0.3, 0.4) is 0 Å². The van der Waals surface area contributed by atoms with E-state index < -0.39 is 11.7 Å². The van der Waals surface area contributed by atoms with Crippen molar-refractivity contribution in [3.8, 4) is 0 Å². The zero-order valence-electron chi connectivity index (χ0n) is 11.9. The Morgan fingerprint density at radius 2 is 1.95 bits per heavy atom. The number of amides is 1. The number of hydrogen-bond acceptors (Lipinski definition) is 2. The van der Waals surface area contributed by atoms with Gasteiger partial charge in [0.1, 0.15) is 0 Å². The predicted molar refractivity (Wildman–Crippen MR) is 73.6 cm³/mol. The third-order valence-electron chi connectivity index (χ3n) is 3.69. The van der Waals surface area contributed by atoms with Crippen LogP contribution in [0.1, 0.15) is 30.4 Å². The molecule has 1 saturated heterocycles. The number of nitrogens with zero attached hydrogens (tertiary/aromatic N) is 1. The molecular formula is C15H19F3N2O. The highest BCUT2D eigenvalue weighted by Crippen LogP contribution is 2.29. The molecule has 0 bridgehead atoms. The fourth-order valence-corrected chi connectivity index (χ4v) is 2.48. The van der Waals surface area contributed by atoms with E-state index in [9.17, 15) is 18.0 Å². The monoisotopic (exact) mass is 300 g/mol. The number of likely N-dealkylation sites (N-methyl/N-ethyl adjacent to an activating group) is 1. The second-order valence-electron chi connectivity index (χ2n) is 5.39. The molecule has 116 valence electrons. The SMILES string of the molecule is CN(Cc1ccc(C(F)(F)F)cc1)C(=O)[C@@H]1CCCCN1. The zero-order chi connectivity index (χ0) is 15.5. The summed E-state index contributed by atoms with van der Waals surface area (Å²) in [6.45, 7) is 1.15. The van der Waals surface area contributed by atoms with E-state index in [2.05, 4.69) is 5.32 Å². The molecule has 0 saturated carbocycles. The summed E-state index contributed by atoms with van der Waals surface area (Å²) in [5, 5.41) is 3.17. The van der Waals surface area contributed by atoms with Crippen LogP contribution < -0.4 is 5.32 Å². The molecule has 1 amide bonds. The molecule has 0 aliphatic carbocycles. The molecule has 1 aromatic carbocycles. The van der Waals surface area contributed by atoms with Gasteiger partial charge >= 0.3 is 6.18 Å². The maximum Gasteiger partial charge on any atom is 0.416 e. The Morgan fingerprint density at radius 3 is 2.48 bits per heavy atom. The number of benzene rings is 1. The van der Waals surface area contributed by atoms with Crippen molar-refractivity contribution in [2.45, 2.75) is 38.0 Å². The number of halogens is 3. The van der Waals surface area contributed by atoms with E-state index >= 15 is 0 Å². The first-order chi connectivity index (χ1) is 9.88. The van der Waals surface area contributed by atoms with Crippen LogP contribution in [0, 0.1) is 0 Å². The summed E-state index contributed by atoms with van der Waals surface area (Å²) in [5.41, 5.74) is 0.0174. The van der Waals surface area contributed by atoms with E-state index in [-0.39, 0.29) is 11.9 Å². The van der Waals surface area contributed by atoms with E-state index in [1.165, 1.54) is 12.1 Å². The Labute approximate surface area is 122 Å². The van der Waals surface area contributed by atoms with Gasteiger partial charge < -0.3 is 10.2 Å². The van der Waals surface area contributed by atoms with Crippen LogP contribution in [-0.2, 0) is 17.5 Å². The third kappa shape index (κ3) is 4.20. The van der Waals surface area contributed by atoms with Crippen molar-refractivity contribution < 1.29 is 18.0 Å². The van der Waals surface area contributed by atoms with Crippen molar-refractivity contribution in [3.63, 3.8) is 0 Å². The minimum Gasteiger partial charge on any atom is -0.340 e. The molecule has 0 radical (unpaired) electrons. The molecule has 1 fully saturated rings. The summed E-state index contributed by atoms with van der Waals surface area (Å²) in [5.74, 6) is -0.00500. The zero-order valence-corrected chi connectivity index (χ0v) is 11.9. The highest BCUT2D eigenvalue weighted by Gasteiger charge is 2.30. The summed E-state index contributed by atoms with van der Waals surface area (Å²) in [6, 6.07) is 4.76. The summed E-state index contributed by atoms with van der Waals surface area (Å²) >= 11 is 0. The molecule has 2 rings (SSSR count). The lowest BCUT2D eigenvalue weighted by Crippen LogP contribution is -2.46. The fourth-order valence-electron chi connectivity index (χ4n) is 2.48. The van der Waals surface area contributed by atoms with E-state index in [0.29, 0.717) is 12.1 Å². The molecule has 1 aliphatic rings. The first-order valence-corrected chi connectivity index (χ1v) is 7.02. The predicted octanol–water partition coefficient (Wildman–Crippen LogP) is 2.81. The van der Waals surface area contributed by atoms with E-state index in [1.807, 2.05) is 0 Å². The van der Waals surface area contributed by atoms with Gasteiger partial charge in [-0.2, -0.15) is 13.2 Å². The largest absolute Gasteiger partial charge is 0.416 e. The number of nitrogens with one attached hydrogen (secondary N) is 1. The van der Waals surface area contributed by atoms with Crippen molar-refractivity contribution in [2.75, 3.05) is 13.6 Å². The summed E-state index contributed by atoms with van der Waals surface area (Å²) < 4.78 is 37.4. The van der Waals surface area contributed by atoms with Crippen molar-refractivity contribution in [1.82, 2.24) is 10.2 Å². The number of hydrogen-bond donors (Lipinski definition) is 1. The second kappa shape index (κ2) is 6.47. The molecule has 0 aromatic heterocycles. The lowest BCUT2D eigenvalue weighted by molar-refractivity contribution is -0.137. The molecule has 1 aromatic rings. The third-order valence-corrected chi connectivity index (χ3v) is 3.69. The van der Waals surface area contributed by atoms with Gasteiger partial charge in [0, 0.05) is 13.6 Å². The van der Waals surface area contributed by atoms with Crippen molar-refractivity contribution in [2.24, 2.45) is 0 Å². The second-order valence-corrected chi connectivity index (χ2v) is 5.39. The van der Waals surface area contributed by atoms with Gasteiger partial charge in [0.2, 0.25) is 5.91 Å². The van der Waals surface area contributed by atoms with Crippen LogP contribution in [0.5, 0.6) is 0 Å². The minimum atomic E-state index is -4.33. The van der Waals surface area contributed by atoms with Crippen LogP contribution in [0.25, 0.3) is 0 Å². The fraction of sp³-hybridized carbons (Fsp3) is 0.533. The smallest absolute Gasteiger partial charge is 0.340 e.